The van der Waals surface area contributed by atoms with Crippen molar-refractivity contribution in [2.24, 2.45) is 0 Å². The fourth-order valence-corrected chi connectivity index (χ4v) is 1.37. The Labute approximate surface area is 86.1 Å². The molecule has 1 unspecified atom stereocenters. The van der Waals surface area contributed by atoms with Crippen LogP contribution in [0.1, 0.15) is 26.3 Å². The lowest BCUT2D eigenvalue weighted by molar-refractivity contribution is 0.475. The molecule has 0 spiro atoms. The second kappa shape index (κ2) is 3.49. The highest BCUT2D eigenvalue weighted by molar-refractivity contribution is 6.33. The van der Waals surface area contributed by atoms with E-state index in [1.54, 1.807) is 4.68 Å². The molecule has 0 saturated heterocycles. The molecule has 6 heteroatoms. The molecule has 5 nitrogen and oxygen atoms in total. The summed E-state index contributed by atoms with van der Waals surface area (Å²) in [4.78, 5) is 7.96. The summed E-state index contributed by atoms with van der Waals surface area (Å²) in [6.45, 7) is 4.14. The average molecular weight is 212 g/mol. The van der Waals surface area contributed by atoms with Crippen molar-refractivity contribution < 1.29 is 0 Å². The van der Waals surface area contributed by atoms with E-state index >= 15 is 0 Å². The number of nitrogens with zero attached hydrogens (tertiary/aromatic N) is 5. The molecule has 0 amide bonds. The second-order valence-corrected chi connectivity index (χ2v) is 3.49. The molecule has 2 heterocycles. The standard InChI is InChI=1S/C8H10ClN5/c1-3-5(2)14-8-6(12-13-14)7(9)10-4-11-8/h4-5H,3H2,1-2H3. The summed E-state index contributed by atoms with van der Waals surface area (Å²) in [6, 6.07) is 0.269. The van der Waals surface area contributed by atoms with E-state index in [1.165, 1.54) is 6.33 Å². The molecule has 2 rings (SSSR count). The quantitative estimate of drug-likeness (QED) is 0.712. The van der Waals surface area contributed by atoms with Crippen molar-refractivity contribution in [1.82, 2.24) is 25.0 Å². The Kier molecular flexibility index (Phi) is 2.33. The third-order valence-electron chi connectivity index (χ3n) is 2.22. The zero-order chi connectivity index (χ0) is 10.1. The third-order valence-corrected chi connectivity index (χ3v) is 2.50. The average Bonchev–Trinajstić information content (AvgIpc) is 2.62. The van der Waals surface area contributed by atoms with Crippen LogP contribution in [0, 0.1) is 0 Å². The Morgan fingerprint density at radius 1 is 1.50 bits per heavy atom. The molecule has 0 N–H and O–H groups in total. The van der Waals surface area contributed by atoms with E-state index in [2.05, 4.69) is 34.1 Å². The van der Waals surface area contributed by atoms with Gasteiger partial charge in [-0.1, -0.05) is 23.7 Å². The van der Waals surface area contributed by atoms with Crippen molar-refractivity contribution in [2.45, 2.75) is 26.3 Å². The van der Waals surface area contributed by atoms with Crippen LogP contribution in [-0.2, 0) is 0 Å². The first-order chi connectivity index (χ1) is 6.74. The molecule has 0 fully saturated rings. The Hall–Kier alpha value is -1.23. The Balaban J connectivity index is 2.63. The molecule has 0 aromatic carbocycles. The van der Waals surface area contributed by atoms with Gasteiger partial charge in [-0.25, -0.2) is 14.6 Å². The molecule has 14 heavy (non-hydrogen) atoms. The number of halogens is 1. The molecule has 74 valence electrons. The van der Waals surface area contributed by atoms with Gasteiger partial charge in [0.25, 0.3) is 0 Å². The summed E-state index contributed by atoms with van der Waals surface area (Å²) in [7, 11) is 0. The minimum atomic E-state index is 0.269. The van der Waals surface area contributed by atoms with Crippen molar-refractivity contribution in [1.29, 1.82) is 0 Å². The molecule has 1 atom stereocenters. The molecule has 2 aromatic rings. The van der Waals surface area contributed by atoms with Crippen molar-refractivity contribution in [3.8, 4) is 0 Å². The highest BCUT2D eigenvalue weighted by atomic mass is 35.5. The highest BCUT2D eigenvalue weighted by Gasteiger charge is 2.13. The van der Waals surface area contributed by atoms with Crippen molar-refractivity contribution in [3.05, 3.63) is 11.5 Å². The molecule has 0 radical (unpaired) electrons. The second-order valence-electron chi connectivity index (χ2n) is 3.13. The molecular weight excluding hydrogens is 202 g/mol. The number of rotatable bonds is 2. The van der Waals surface area contributed by atoms with Crippen LogP contribution in [-0.4, -0.2) is 25.0 Å². The molecule has 0 aliphatic carbocycles. The van der Waals surface area contributed by atoms with Gasteiger partial charge in [0, 0.05) is 0 Å². The van der Waals surface area contributed by atoms with Crippen LogP contribution in [0.15, 0.2) is 6.33 Å². The van der Waals surface area contributed by atoms with Gasteiger partial charge in [-0.3, -0.25) is 0 Å². The van der Waals surface area contributed by atoms with Gasteiger partial charge in [-0.2, -0.15) is 0 Å². The van der Waals surface area contributed by atoms with Crippen molar-refractivity contribution >= 4 is 22.8 Å². The summed E-state index contributed by atoms with van der Waals surface area (Å²) in [5, 5.41) is 8.30. The smallest absolute Gasteiger partial charge is 0.183 e. The van der Waals surface area contributed by atoms with Crippen molar-refractivity contribution in [2.75, 3.05) is 0 Å². The van der Waals surface area contributed by atoms with E-state index in [9.17, 15) is 0 Å². The van der Waals surface area contributed by atoms with E-state index in [4.69, 9.17) is 11.6 Å². The maximum absolute atomic E-state index is 5.85. The number of hydrogen-bond donors (Lipinski definition) is 0. The fourth-order valence-electron chi connectivity index (χ4n) is 1.21. The van der Waals surface area contributed by atoms with Gasteiger partial charge in [0.15, 0.2) is 16.3 Å². The van der Waals surface area contributed by atoms with E-state index in [-0.39, 0.29) is 6.04 Å². The van der Waals surface area contributed by atoms with Crippen molar-refractivity contribution in [3.63, 3.8) is 0 Å². The minimum Gasteiger partial charge on any atom is -0.224 e. The van der Waals surface area contributed by atoms with Gasteiger partial charge in [0.05, 0.1) is 6.04 Å². The lowest BCUT2D eigenvalue weighted by atomic mass is 10.3. The van der Waals surface area contributed by atoms with Crippen LogP contribution in [0.25, 0.3) is 11.2 Å². The SMILES string of the molecule is CCC(C)n1nnc2c(Cl)ncnc21. The highest BCUT2D eigenvalue weighted by Crippen LogP contribution is 2.19. The Bertz CT molecular complexity index is 452. The number of hydrogen-bond acceptors (Lipinski definition) is 4. The van der Waals surface area contributed by atoms with Gasteiger partial charge in [-0.15, -0.1) is 5.10 Å². The van der Waals surface area contributed by atoms with E-state index < -0.39 is 0 Å². The molecule has 0 saturated carbocycles. The zero-order valence-corrected chi connectivity index (χ0v) is 8.73. The summed E-state index contributed by atoms with van der Waals surface area (Å²) in [5.41, 5.74) is 1.26. The van der Waals surface area contributed by atoms with Crippen LogP contribution in [0.3, 0.4) is 0 Å². The summed E-state index contributed by atoms with van der Waals surface area (Å²) in [6.07, 6.45) is 2.40. The molecule has 0 bridgehead atoms. The first-order valence-electron chi connectivity index (χ1n) is 4.45. The predicted octanol–water partition coefficient (Wildman–Crippen LogP) is 1.85. The minimum absolute atomic E-state index is 0.269. The van der Waals surface area contributed by atoms with E-state index in [0.717, 1.165) is 6.42 Å². The van der Waals surface area contributed by atoms with Crippen LogP contribution >= 0.6 is 11.6 Å². The summed E-state index contributed by atoms with van der Waals surface area (Å²) >= 11 is 5.85. The topological polar surface area (TPSA) is 56.5 Å². The first kappa shape index (κ1) is 9.33. The zero-order valence-electron chi connectivity index (χ0n) is 7.98. The fraction of sp³-hybridized carbons (Fsp3) is 0.500. The molecule has 2 aromatic heterocycles. The van der Waals surface area contributed by atoms with Gasteiger partial charge >= 0.3 is 0 Å². The monoisotopic (exact) mass is 211 g/mol. The Morgan fingerprint density at radius 2 is 2.29 bits per heavy atom. The molecular formula is C8H10ClN5. The lowest BCUT2D eigenvalue weighted by Crippen LogP contribution is -2.06. The summed E-state index contributed by atoms with van der Waals surface area (Å²) < 4.78 is 1.77. The largest absolute Gasteiger partial charge is 0.224 e. The molecule has 0 aliphatic rings. The normalized spacial score (nSPS) is 13.4. The number of fused-ring (bicyclic) bond motifs is 1. The van der Waals surface area contributed by atoms with Crippen LogP contribution < -0.4 is 0 Å². The maximum Gasteiger partial charge on any atom is 0.183 e. The lowest BCUT2D eigenvalue weighted by Gasteiger charge is -2.07. The Morgan fingerprint density at radius 3 is 3.00 bits per heavy atom. The van der Waals surface area contributed by atoms with Gasteiger partial charge in [-0.05, 0) is 13.3 Å². The van der Waals surface area contributed by atoms with E-state index in [0.29, 0.717) is 16.3 Å². The number of aromatic nitrogens is 5. The molecule has 0 aliphatic heterocycles. The predicted molar refractivity (Wildman–Crippen MR) is 53.1 cm³/mol. The third kappa shape index (κ3) is 1.33. The van der Waals surface area contributed by atoms with Gasteiger partial charge < -0.3 is 0 Å². The summed E-state index contributed by atoms with van der Waals surface area (Å²) in [5.74, 6) is 0. The first-order valence-corrected chi connectivity index (χ1v) is 4.83. The van der Waals surface area contributed by atoms with Crippen LogP contribution in [0.5, 0.6) is 0 Å². The van der Waals surface area contributed by atoms with Gasteiger partial charge in [0.2, 0.25) is 0 Å². The van der Waals surface area contributed by atoms with Gasteiger partial charge in [0.1, 0.15) is 6.33 Å². The van der Waals surface area contributed by atoms with E-state index in [1.807, 2.05) is 0 Å². The van der Waals surface area contributed by atoms with Crippen LogP contribution in [0.2, 0.25) is 5.15 Å². The van der Waals surface area contributed by atoms with Crippen LogP contribution in [0.4, 0.5) is 0 Å². The maximum atomic E-state index is 5.85.